The summed E-state index contributed by atoms with van der Waals surface area (Å²) in [4.78, 5) is 24.3. The summed E-state index contributed by atoms with van der Waals surface area (Å²) in [7, 11) is 0. The molecule has 6 nitrogen and oxygen atoms in total. The maximum Gasteiger partial charge on any atom is 0.335 e. The van der Waals surface area contributed by atoms with E-state index in [-0.39, 0.29) is 28.6 Å². The van der Waals surface area contributed by atoms with Gasteiger partial charge in [0.05, 0.1) is 28.5 Å². The summed E-state index contributed by atoms with van der Waals surface area (Å²) in [5.41, 5.74) is 1.19. The van der Waals surface area contributed by atoms with E-state index in [4.69, 9.17) is 13.9 Å². The van der Waals surface area contributed by atoms with E-state index in [9.17, 15) is 14.7 Å². The molecule has 3 aromatic rings. The van der Waals surface area contributed by atoms with Gasteiger partial charge in [0.1, 0.15) is 5.58 Å². The third kappa shape index (κ3) is 3.66. The average molecular weight is 370 g/mol. The lowest BCUT2D eigenvalue weighted by atomic mass is 10.0. The second-order valence-corrected chi connectivity index (χ2v) is 6.61. The lowest BCUT2D eigenvalue weighted by molar-refractivity contribution is 0.0697. The number of carbonyl (C=O) groups is 1. The van der Waals surface area contributed by atoms with E-state index in [1.165, 1.54) is 18.2 Å². The molecule has 0 amide bonds. The first-order chi connectivity index (χ1) is 12.8. The van der Waals surface area contributed by atoms with Crippen LogP contribution in [0.15, 0.2) is 39.5 Å². The Morgan fingerprint density at radius 3 is 2.52 bits per heavy atom. The lowest BCUT2D eigenvalue weighted by Gasteiger charge is -2.17. The van der Waals surface area contributed by atoms with Gasteiger partial charge in [-0.2, -0.15) is 0 Å². The van der Waals surface area contributed by atoms with Crippen LogP contribution in [0.2, 0.25) is 0 Å². The molecule has 1 heterocycles. The normalized spacial score (nSPS) is 12.6. The number of hydrogen-bond acceptors (Lipinski definition) is 5. The molecule has 0 aliphatic rings. The molecule has 1 aromatic heterocycles. The van der Waals surface area contributed by atoms with Crippen molar-refractivity contribution < 1.29 is 23.8 Å². The van der Waals surface area contributed by atoms with Gasteiger partial charge in [0.25, 0.3) is 0 Å². The maximum absolute atomic E-state index is 13.1. The number of aromatic carboxylic acids is 1. The molecule has 1 atom stereocenters. The maximum atomic E-state index is 13.1. The summed E-state index contributed by atoms with van der Waals surface area (Å²) < 4.78 is 17.5. The first-order valence-corrected chi connectivity index (χ1v) is 8.87. The van der Waals surface area contributed by atoms with Crippen LogP contribution in [-0.2, 0) is 4.74 Å². The number of carboxylic acids is 1. The van der Waals surface area contributed by atoms with Crippen LogP contribution in [0.3, 0.4) is 0 Å². The number of fused-ring (bicyclic) bond motifs is 2. The minimum absolute atomic E-state index is 0.0339. The minimum Gasteiger partial charge on any atom is -0.487 e. The van der Waals surface area contributed by atoms with Crippen molar-refractivity contribution in [3.8, 4) is 5.75 Å². The van der Waals surface area contributed by atoms with Gasteiger partial charge in [0.2, 0.25) is 5.43 Å². The molecule has 0 saturated carbocycles. The smallest absolute Gasteiger partial charge is 0.335 e. The molecule has 6 heteroatoms. The average Bonchev–Trinajstić information content (AvgIpc) is 2.61. The highest BCUT2D eigenvalue weighted by Crippen LogP contribution is 2.32. The summed E-state index contributed by atoms with van der Waals surface area (Å²) in [5, 5.41) is 9.76. The van der Waals surface area contributed by atoms with Crippen LogP contribution in [0, 0.1) is 0 Å². The van der Waals surface area contributed by atoms with E-state index in [0.29, 0.717) is 28.9 Å². The Morgan fingerprint density at radius 1 is 1.15 bits per heavy atom. The zero-order valence-electron chi connectivity index (χ0n) is 15.7. The molecule has 2 aromatic carbocycles. The fourth-order valence-corrected chi connectivity index (χ4v) is 3.00. The fraction of sp³-hybridized carbons (Fsp3) is 0.333. The molecular formula is C21H22O6. The number of benzene rings is 2. The predicted molar refractivity (Wildman–Crippen MR) is 103 cm³/mol. The zero-order chi connectivity index (χ0) is 19.7. The van der Waals surface area contributed by atoms with E-state index in [1.54, 1.807) is 6.07 Å². The van der Waals surface area contributed by atoms with Crippen LogP contribution in [-0.4, -0.2) is 23.8 Å². The highest BCUT2D eigenvalue weighted by molar-refractivity contribution is 5.97. The third-order valence-corrected chi connectivity index (χ3v) is 4.25. The van der Waals surface area contributed by atoms with E-state index in [2.05, 4.69) is 0 Å². The van der Waals surface area contributed by atoms with Gasteiger partial charge in [-0.1, -0.05) is 0 Å². The molecule has 1 unspecified atom stereocenters. The number of hydrogen-bond donors (Lipinski definition) is 1. The van der Waals surface area contributed by atoms with Gasteiger partial charge in [0, 0.05) is 6.61 Å². The standard InChI is InChI=1S/C21H22O6/c1-5-25-12(4)14-9-16-19(22)15-8-13(21(23)24)6-7-17(15)27-20(16)18(10-14)26-11(2)3/h6-12H,5H2,1-4H3,(H,23,24). The lowest BCUT2D eigenvalue weighted by Crippen LogP contribution is -2.10. The van der Waals surface area contributed by atoms with Crippen molar-refractivity contribution in [2.75, 3.05) is 6.61 Å². The minimum atomic E-state index is -1.10. The van der Waals surface area contributed by atoms with Gasteiger partial charge < -0.3 is 19.0 Å². The van der Waals surface area contributed by atoms with Crippen LogP contribution in [0.25, 0.3) is 21.9 Å². The Hall–Kier alpha value is -2.86. The van der Waals surface area contributed by atoms with Gasteiger partial charge in [-0.15, -0.1) is 0 Å². The van der Waals surface area contributed by atoms with Gasteiger partial charge in [0.15, 0.2) is 11.3 Å². The van der Waals surface area contributed by atoms with Crippen molar-refractivity contribution >= 4 is 27.9 Å². The second kappa shape index (κ2) is 7.40. The van der Waals surface area contributed by atoms with Gasteiger partial charge in [-0.05, 0) is 63.6 Å². The molecule has 0 spiro atoms. The van der Waals surface area contributed by atoms with E-state index < -0.39 is 5.97 Å². The Balaban J connectivity index is 2.34. The molecule has 27 heavy (non-hydrogen) atoms. The number of ether oxygens (including phenoxy) is 2. The largest absolute Gasteiger partial charge is 0.487 e. The van der Waals surface area contributed by atoms with Crippen molar-refractivity contribution in [1.82, 2.24) is 0 Å². The molecule has 0 radical (unpaired) electrons. The van der Waals surface area contributed by atoms with Gasteiger partial charge in [-0.25, -0.2) is 4.79 Å². The SMILES string of the molecule is CCOC(C)c1cc(OC(C)C)c2oc3ccc(C(=O)O)cc3c(=O)c2c1. The highest BCUT2D eigenvalue weighted by Gasteiger charge is 2.18. The van der Waals surface area contributed by atoms with Crippen molar-refractivity contribution in [3.63, 3.8) is 0 Å². The van der Waals surface area contributed by atoms with E-state index in [1.807, 2.05) is 33.8 Å². The zero-order valence-corrected chi connectivity index (χ0v) is 15.7. The van der Waals surface area contributed by atoms with Crippen molar-refractivity contribution in [3.05, 3.63) is 51.7 Å². The number of carboxylic acid groups (broad SMARTS) is 1. The first kappa shape index (κ1) is 18.9. The van der Waals surface area contributed by atoms with Crippen LogP contribution >= 0.6 is 0 Å². The third-order valence-electron chi connectivity index (χ3n) is 4.25. The van der Waals surface area contributed by atoms with Crippen LogP contribution in [0.5, 0.6) is 5.75 Å². The Kier molecular flexibility index (Phi) is 5.19. The molecule has 0 bridgehead atoms. The summed E-state index contributed by atoms with van der Waals surface area (Å²) in [5.74, 6) is -0.635. The molecule has 3 rings (SSSR count). The topological polar surface area (TPSA) is 86.0 Å². The molecule has 0 saturated heterocycles. The monoisotopic (exact) mass is 370 g/mol. The van der Waals surface area contributed by atoms with Crippen LogP contribution in [0.4, 0.5) is 0 Å². The van der Waals surface area contributed by atoms with Crippen molar-refractivity contribution in [2.45, 2.75) is 39.9 Å². The molecule has 0 aliphatic carbocycles. The summed E-state index contributed by atoms with van der Waals surface area (Å²) >= 11 is 0. The number of rotatable bonds is 6. The Morgan fingerprint density at radius 2 is 1.89 bits per heavy atom. The Bertz CT molecular complexity index is 1060. The first-order valence-electron chi connectivity index (χ1n) is 8.87. The van der Waals surface area contributed by atoms with E-state index >= 15 is 0 Å². The predicted octanol–water partition coefficient (Wildman–Crippen LogP) is 4.53. The summed E-state index contributed by atoms with van der Waals surface area (Å²) in [6, 6.07) is 7.79. The Labute approximate surface area is 156 Å². The fourth-order valence-electron chi connectivity index (χ4n) is 3.00. The van der Waals surface area contributed by atoms with Crippen LogP contribution in [0.1, 0.15) is 49.7 Å². The van der Waals surface area contributed by atoms with Crippen molar-refractivity contribution in [2.24, 2.45) is 0 Å². The molecule has 0 aliphatic heterocycles. The molecule has 1 N–H and O–H groups in total. The van der Waals surface area contributed by atoms with Crippen LogP contribution < -0.4 is 10.2 Å². The van der Waals surface area contributed by atoms with E-state index in [0.717, 1.165) is 5.56 Å². The summed E-state index contributed by atoms with van der Waals surface area (Å²) in [6.07, 6.45) is -0.337. The van der Waals surface area contributed by atoms with Gasteiger partial charge >= 0.3 is 5.97 Å². The second-order valence-electron chi connectivity index (χ2n) is 6.61. The highest BCUT2D eigenvalue weighted by atomic mass is 16.5. The quantitative estimate of drug-likeness (QED) is 0.642. The molecular weight excluding hydrogens is 348 g/mol. The molecule has 142 valence electrons. The molecule has 0 fully saturated rings. The summed E-state index contributed by atoms with van der Waals surface area (Å²) in [6.45, 7) is 8.12. The van der Waals surface area contributed by atoms with Crippen molar-refractivity contribution in [1.29, 1.82) is 0 Å². The van der Waals surface area contributed by atoms with Gasteiger partial charge in [-0.3, -0.25) is 4.79 Å².